The maximum absolute atomic E-state index is 13.7. The summed E-state index contributed by atoms with van der Waals surface area (Å²) in [5, 5.41) is 2.21. The lowest BCUT2D eigenvalue weighted by atomic mass is 9.88. The van der Waals surface area contributed by atoms with Crippen molar-refractivity contribution < 1.29 is 18.4 Å². The van der Waals surface area contributed by atoms with Crippen LogP contribution in [0.3, 0.4) is 0 Å². The van der Waals surface area contributed by atoms with E-state index in [1.165, 1.54) is 19.9 Å². The molecule has 0 aliphatic carbocycles. The van der Waals surface area contributed by atoms with Crippen LogP contribution in [-0.2, 0) is 9.59 Å². The Morgan fingerprint density at radius 1 is 1.26 bits per heavy atom. The van der Waals surface area contributed by atoms with E-state index in [2.05, 4.69) is 12.2 Å². The molecule has 1 unspecified atom stereocenters. The highest BCUT2D eigenvalue weighted by Gasteiger charge is 2.40. The molecule has 1 atom stereocenters. The molecule has 1 aliphatic rings. The summed E-state index contributed by atoms with van der Waals surface area (Å²) in [5.74, 6) is -2.39. The molecule has 1 aliphatic heterocycles. The van der Waals surface area contributed by atoms with Gasteiger partial charge in [-0.1, -0.05) is 13.0 Å². The number of benzene rings is 1. The number of nitrogens with one attached hydrogen (secondary N) is 1. The quantitative estimate of drug-likeness (QED) is 0.868. The molecular formula is C17H22F2N2O2. The normalized spacial score (nSPS) is 18.7. The van der Waals surface area contributed by atoms with Crippen LogP contribution < -0.4 is 5.32 Å². The van der Waals surface area contributed by atoms with Gasteiger partial charge in [0, 0.05) is 13.1 Å². The third-order valence-corrected chi connectivity index (χ3v) is 4.25. The number of anilines is 1. The second kappa shape index (κ2) is 6.64. The summed E-state index contributed by atoms with van der Waals surface area (Å²) in [4.78, 5) is 26.7. The second-order valence-corrected chi connectivity index (χ2v) is 6.67. The molecule has 1 heterocycles. The van der Waals surface area contributed by atoms with Crippen molar-refractivity contribution in [3.63, 3.8) is 0 Å². The molecule has 1 saturated heterocycles. The summed E-state index contributed by atoms with van der Waals surface area (Å²) in [6, 6.07) is 3.32. The van der Waals surface area contributed by atoms with E-state index in [9.17, 15) is 18.4 Å². The number of hydrogen-bond donors (Lipinski definition) is 1. The first-order valence-corrected chi connectivity index (χ1v) is 7.78. The van der Waals surface area contributed by atoms with Crippen LogP contribution in [0, 0.1) is 23.0 Å². The van der Waals surface area contributed by atoms with E-state index < -0.39 is 28.6 Å². The highest BCUT2D eigenvalue weighted by Crippen LogP contribution is 2.27. The Kier molecular flexibility index (Phi) is 5.02. The van der Waals surface area contributed by atoms with E-state index in [0.717, 1.165) is 25.0 Å². The lowest BCUT2D eigenvalue weighted by molar-refractivity contribution is -0.147. The monoisotopic (exact) mass is 324 g/mol. The number of hydrogen-bond acceptors (Lipinski definition) is 2. The number of likely N-dealkylation sites (tertiary alicyclic amines) is 1. The first-order valence-electron chi connectivity index (χ1n) is 7.78. The van der Waals surface area contributed by atoms with Gasteiger partial charge in [-0.15, -0.1) is 0 Å². The fourth-order valence-electron chi connectivity index (χ4n) is 2.75. The van der Waals surface area contributed by atoms with Gasteiger partial charge in [-0.3, -0.25) is 9.59 Å². The molecular weight excluding hydrogens is 302 g/mol. The first-order chi connectivity index (χ1) is 10.7. The molecule has 126 valence electrons. The summed E-state index contributed by atoms with van der Waals surface area (Å²) in [7, 11) is 0. The van der Waals surface area contributed by atoms with Crippen LogP contribution in [0.2, 0.25) is 0 Å². The standard InChI is InChI=1S/C17H22F2N2O2/c1-11-6-5-9-21(10-11)16(23)17(2,3)15(22)20-14-12(18)7-4-8-13(14)19/h4,7-8,11H,5-6,9-10H2,1-3H3,(H,20,22). The maximum atomic E-state index is 13.7. The summed E-state index contributed by atoms with van der Waals surface area (Å²) < 4.78 is 27.3. The average molecular weight is 324 g/mol. The van der Waals surface area contributed by atoms with Crippen molar-refractivity contribution >= 4 is 17.5 Å². The average Bonchev–Trinajstić information content (AvgIpc) is 2.50. The molecule has 0 spiro atoms. The molecule has 1 fully saturated rings. The van der Waals surface area contributed by atoms with Crippen molar-refractivity contribution in [3.8, 4) is 0 Å². The minimum absolute atomic E-state index is 0.321. The number of halogens is 2. The highest BCUT2D eigenvalue weighted by molar-refractivity contribution is 6.09. The molecule has 1 N–H and O–H groups in total. The lowest BCUT2D eigenvalue weighted by Crippen LogP contribution is -2.50. The van der Waals surface area contributed by atoms with Crippen molar-refractivity contribution in [2.75, 3.05) is 18.4 Å². The first kappa shape index (κ1) is 17.4. The van der Waals surface area contributed by atoms with Crippen molar-refractivity contribution in [2.24, 2.45) is 11.3 Å². The zero-order chi connectivity index (χ0) is 17.2. The molecule has 1 aromatic rings. The number of carbonyl (C=O) groups excluding carboxylic acids is 2. The molecule has 23 heavy (non-hydrogen) atoms. The van der Waals surface area contributed by atoms with Crippen molar-refractivity contribution in [3.05, 3.63) is 29.8 Å². The Labute approximate surface area is 134 Å². The van der Waals surface area contributed by atoms with Crippen LogP contribution in [0.4, 0.5) is 14.5 Å². The van der Waals surface area contributed by atoms with Gasteiger partial charge in [-0.25, -0.2) is 8.78 Å². The maximum Gasteiger partial charge on any atom is 0.239 e. The summed E-state index contributed by atoms with van der Waals surface area (Å²) in [6.07, 6.45) is 1.95. The van der Waals surface area contributed by atoms with E-state index in [4.69, 9.17) is 0 Å². The number of piperidine rings is 1. The van der Waals surface area contributed by atoms with Gasteiger partial charge in [-0.2, -0.15) is 0 Å². The molecule has 4 nitrogen and oxygen atoms in total. The Balaban J connectivity index is 2.15. The van der Waals surface area contributed by atoms with Gasteiger partial charge in [0.05, 0.1) is 0 Å². The van der Waals surface area contributed by atoms with Crippen molar-refractivity contribution in [1.82, 2.24) is 4.90 Å². The predicted molar refractivity (Wildman–Crippen MR) is 83.7 cm³/mol. The van der Waals surface area contributed by atoms with Gasteiger partial charge in [0.1, 0.15) is 22.7 Å². The molecule has 0 bridgehead atoms. The number of rotatable bonds is 3. The third kappa shape index (κ3) is 3.68. The highest BCUT2D eigenvalue weighted by atomic mass is 19.1. The summed E-state index contributed by atoms with van der Waals surface area (Å²) >= 11 is 0. The van der Waals surface area contributed by atoms with Gasteiger partial charge >= 0.3 is 0 Å². The fraction of sp³-hybridized carbons (Fsp3) is 0.529. The van der Waals surface area contributed by atoms with Gasteiger partial charge < -0.3 is 10.2 Å². The Morgan fingerprint density at radius 3 is 2.43 bits per heavy atom. The van der Waals surface area contributed by atoms with Crippen LogP contribution in [-0.4, -0.2) is 29.8 Å². The summed E-state index contributed by atoms with van der Waals surface area (Å²) in [6.45, 7) is 6.21. The minimum Gasteiger partial charge on any atom is -0.342 e. The van der Waals surface area contributed by atoms with Gasteiger partial charge in [0.15, 0.2) is 0 Å². The number of para-hydroxylation sites is 1. The Morgan fingerprint density at radius 2 is 1.87 bits per heavy atom. The van der Waals surface area contributed by atoms with Gasteiger partial charge in [-0.05, 0) is 44.7 Å². The molecule has 0 aromatic heterocycles. The van der Waals surface area contributed by atoms with Crippen LogP contribution in [0.25, 0.3) is 0 Å². The lowest BCUT2D eigenvalue weighted by Gasteiger charge is -2.36. The fourth-order valence-corrected chi connectivity index (χ4v) is 2.75. The number of amides is 2. The largest absolute Gasteiger partial charge is 0.342 e. The predicted octanol–water partition coefficient (Wildman–Crippen LogP) is 3.19. The smallest absolute Gasteiger partial charge is 0.239 e. The molecule has 0 saturated carbocycles. The van der Waals surface area contributed by atoms with Crippen LogP contribution in [0.1, 0.15) is 33.6 Å². The third-order valence-electron chi connectivity index (χ3n) is 4.25. The van der Waals surface area contributed by atoms with Gasteiger partial charge in [0.2, 0.25) is 11.8 Å². The van der Waals surface area contributed by atoms with Gasteiger partial charge in [0.25, 0.3) is 0 Å². The molecule has 1 aromatic carbocycles. The molecule has 2 amide bonds. The zero-order valence-electron chi connectivity index (χ0n) is 13.7. The van der Waals surface area contributed by atoms with Crippen molar-refractivity contribution in [1.29, 1.82) is 0 Å². The molecule has 0 radical (unpaired) electrons. The molecule has 6 heteroatoms. The van der Waals surface area contributed by atoms with E-state index >= 15 is 0 Å². The zero-order valence-corrected chi connectivity index (χ0v) is 13.7. The number of carbonyl (C=O) groups is 2. The van der Waals surface area contributed by atoms with Crippen LogP contribution >= 0.6 is 0 Å². The van der Waals surface area contributed by atoms with Crippen LogP contribution in [0.5, 0.6) is 0 Å². The van der Waals surface area contributed by atoms with E-state index in [1.54, 1.807) is 4.90 Å². The van der Waals surface area contributed by atoms with E-state index in [0.29, 0.717) is 19.0 Å². The second-order valence-electron chi connectivity index (χ2n) is 6.67. The topological polar surface area (TPSA) is 49.4 Å². The SMILES string of the molecule is CC1CCCN(C(=O)C(C)(C)C(=O)Nc2c(F)cccc2F)C1. The Hall–Kier alpha value is -1.98. The molecule has 2 rings (SSSR count). The summed E-state index contributed by atoms with van der Waals surface area (Å²) in [5.41, 5.74) is -1.92. The van der Waals surface area contributed by atoms with E-state index in [1.807, 2.05) is 0 Å². The minimum atomic E-state index is -1.40. The Bertz CT molecular complexity index is 596. The number of nitrogens with zero attached hydrogens (tertiary/aromatic N) is 1. The van der Waals surface area contributed by atoms with Crippen molar-refractivity contribution in [2.45, 2.75) is 33.6 Å². The van der Waals surface area contributed by atoms with E-state index in [-0.39, 0.29) is 5.91 Å². The van der Waals surface area contributed by atoms with Crippen LogP contribution in [0.15, 0.2) is 18.2 Å².